The van der Waals surface area contributed by atoms with Gasteiger partial charge in [0.15, 0.2) is 0 Å². The first-order valence-corrected chi connectivity index (χ1v) is 6.61. The lowest BCUT2D eigenvalue weighted by Gasteiger charge is -2.15. The lowest BCUT2D eigenvalue weighted by molar-refractivity contribution is -0.145. The van der Waals surface area contributed by atoms with Crippen molar-refractivity contribution < 1.29 is 9.53 Å². The van der Waals surface area contributed by atoms with Gasteiger partial charge in [0, 0.05) is 11.0 Å². The highest BCUT2D eigenvalue weighted by Crippen LogP contribution is 2.15. The van der Waals surface area contributed by atoms with E-state index in [1.54, 1.807) is 0 Å². The standard InChI is InChI=1S/C13H18BrNO2/c1-3-12(13(16)17-4-2)15-9-10-7-5-6-8-11(10)14/h5-8,12,15H,3-4,9H2,1-2H3. The SMILES string of the molecule is CCOC(=O)C(CC)NCc1ccccc1Br. The summed E-state index contributed by atoms with van der Waals surface area (Å²) in [5.41, 5.74) is 1.13. The zero-order valence-corrected chi connectivity index (χ0v) is 11.8. The first-order valence-electron chi connectivity index (χ1n) is 5.82. The Morgan fingerprint density at radius 3 is 2.71 bits per heavy atom. The quantitative estimate of drug-likeness (QED) is 0.821. The maximum atomic E-state index is 11.6. The van der Waals surface area contributed by atoms with E-state index in [4.69, 9.17) is 4.74 Å². The largest absolute Gasteiger partial charge is 0.465 e. The number of halogens is 1. The van der Waals surface area contributed by atoms with Crippen LogP contribution in [0, 0.1) is 0 Å². The molecule has 1 aromatic rings. The summed E-state index contributed by atoms with van der Waals surface area (Å²) in [5.74, 6) is -0.179. The fourth-order valence-corrected chi connectivity index (χ4v) is 1.94. The number of benzene rings is 1. The molecule has 1 N–H and O–H groups in total. The molecule has 0 aliphatic rings. The van der Waals surface area contributed by atoms with Gasteiger partial charge < -0.3 is 10.1 Å². The van der Waals surface area contributed by atoms with Gasteiger partial charge in [0.25, 0.3) is 0 Å². The van der Waals surface area contributed by atoms with Gasteiger partial charge in [-0.15, -0.1) is 0 Å². The van der Waals surface area contributed by atoms with Crippen molar-refractivity contribution in [3.63, 3.8) is 0 Å². The molecule has 0 aliphatic carbocycles. The fraction of sp³-hybridized carbons (Fsp3) is 0.462. The van der Waals surface area contributed by atoms with E-state index in [1.165, 1.54) is 0 Å². The predicted octanol–water partition coefficient (Wildman–Crippen LogP) is 2.88. The van der Waals surface area contributed by atoms with Crippen LogP contribution in [0.25, 0.3) is 0 Å². The van der Waals surface area contributed by atoms with Crippen LogP contribution in [0.3, 0.4) is 0 Å². The zero-order chi connectivity index (χ0) is 12.7. The minimum atomic E-state index is -0.234. The van der Waals surface area contributed by atoms with Crippen LogP contribution in [0.2, 0.25) is 0 Å². The van der Waals surface area contributed by atoms with Gasteiger partial charge in [-0.25, -0.2) is 0 Å². The van der Waals surface area contributed by atoms with Crippen molar-refractivity contribution in [1.29, 1.82) is 0 Å². The maximum absolute atomic E-state index is 11.6. The van der Waals surface area contributed by atoms with Crippen LogP contribution in [0.1, 0.15) is 25.8 Å². The fourth-order valence-electron chi connectivity index (χ4n) is 1.51. The Hall–Kier alpha value is -0.870. The highest BCUT2D eigenvalue weighted by atomic mass is 79.9. The molecular weight excluding hydrogens is 282 g/mol. The van der Waals surface area contributed by atoms with Gasteiger partial charge >= 0.3 is 5.97 Å². The number of hydrogen-bond donors (Lipinski definition) is 1. The van der Waals surface area contributed by atoms with E-state index in [0.29, 0.717) is 13.2 Å². The number of carbonyl (C=O) groups excluding carboxylic acids is 1. The van der Waals surface area contributed by atoms with Crippen LogP contribution >= 0.6 is 15.9 Å². The number of carbonyl (C=O) groups is 1. The first-order chi connectivity index (χ1) is 8.19. The van der Waals surface area contributed by atoms with Gasteiger partial charge in [-0.1, -0.05) is 41.1 Å². The second-order valence-electron chi connectivity index (χ2n) is 3.69. The Morgan fingerprint density at radius 1 is 1.41 bits per heavy atom. The lowest BCUT2D eigenvalue weighted by Crippen LogP contribution is -2.37. The Kier molecular flexibility index (Phi) is 6.22. The zero-order valence-electron chi connectivity index (χ0n) is 10.2. The lowest BCUT2D eigenvalue weighted by atomic mass is 10.2. The Labute approximate surface area is 111 Å². The minimum absolute atomic E-state index is 0.179. The summed E-state index contributed by atoms with van der Waals surface area (Å²) in [6.45, 7) is 4.86. The normalized spacial score (nSPS) is 12.2. The van der Waals surface area contributed by atoms with Crippen molar-refractivity contribution in [2.24, 2.45) is 0 Å². The van der Waals surface area contributed by atoms with Crippen molar-refractivity contribution in [2.75, 3.05) is 6.61 Å². The molecule has 0 aliphatic heterocycles. The smallest absolute Gasteiger partial charge is 0.323 e. The topological polar surface area (TPSA) is 38.3 Å². The summed E-state index contributed by atoms with van der Waals surface area (Å²) in [5, 5.41) is 3.21. The molecule has 17 heavy (non-hydrogen) atoms. The molecule has 1 rings (SSSR count). The Balaban J connectivity index is 2.53. The van der Waals surface area contributed by atoms with E-state index >= 15 is 0 Å². The summed E-state index contributed by atoms with van der Waals surface area (Å²) in [6.07, 6.45) is 0.725. The van der Waals surface area contributed by atoms with Gasteiger partial charge in [-0.2, -0.15) is 0 Å². The summed E-state index contributed by atoms with van der Waals surface area (Å²) >= 11 is 3.48. The molecule has 0 saturated carbocycles. The summed E-state index contributed by atoms with van der Waals surface area (Å²) in [6, 6.07) is 7.72. The van der Waals surface area contributed by atoms with Crippen LogP contribution in [0.15, 0.2) is 28.7 Å². The van der Waals surface area contributed by atoms with Gasteiger partial charge in [-0.3, -0.25) is 4.79 Å². The second kappa shape index (κ2) is 7.45. The van der Waals surface area contributed by atoms with E-state index in [9.17, 15) is 4.79 Å². The molecule has 4 heteroatoms. The molecule has 0 fully saturated rings. The molecule has 0 spiro atoms. The number of hydrogen-bond acceptors (Lipinski definition) is 3. The third kappa shape index (κ3) is 4.48. The highest BCUT2D eigenvalue weighted by molar-refractivity contribution is 9.10. The number of nitrogens with one attached hydrogen (secondary N) is 1. The number of esters is 1. The number of rotatable bonds is 6. The van der Waals surface area contributed by atoms with E-state index in [0.717, 1.165) is 16.5 Å². The molecule has 0 aromatic heterocycles. The second-order valence-corrected chi connectivity index (χ2v) is 4.54. The Morgan fingerprint density at radius 2 is 2.12 bits per heavy atom. The average Bonchev–Trinajstić information content (AvgIpc) is 2.32. The van der Waals surface area contributed by atoms with E-state index < -0.39 is 0 Å². The summed E-state index contributed by atoms with van der Waals surface area (Å²) in [4.78, 5) is 11.6. The van der Waals surface area contributed by atoms with E-state index in [1.807, 2.05) is 38.1 Å². The van der Waals surface area contributed by atoms with Gasteiger partial charge in [0.1, 0.15) is 6.04 Å². The number of ether oxygens (including phenoxy) is 1. The van der Waals surface area contributed by atoms with Gasteiger partial charge in [0.05, 0.1) is 6.61 Å². The molecule has 0 radical (unpaired) electrons. The third-order valence-corrected chi connectivity index (χ3v) is 3.25. The van der Waals surface area contributed by atoms with Crippen LogP contribution in [0.4, 0.5) is 0 Å². The summed E-state index contributed by atoms with van der Waals surface area (Å²) < 4.78 is 6.05. The Bertz CT molecular complexity index is 368. The van der Waals surface area contributed by atoms with Crippen LogP contribution in [-0.2, 0) is 16.1 Å². The molecule has 0 amide bonds. The molecule has 94 valence electrons. The van der Waals surface area contributed by atoms with Crippen LogP contribution in [0.5, 0.6) is 0 Å². The maximum Gasteiger partial charge on any atom is 0.323 e. The van der Waals surface area contributed by atoms with E-state index in [2.05, 4.69) is 21.2 Å². The van der Waals surface area contributed by atoms with Crippen molar-refractivity contribution >= 4 is 21.9 Å². The first kappa shape index (κ1) is 14.2. The molecular formula is C13H18BrNO2. The molecule has 0 heterocycles. The monoisotopic (exact) mass is 299 g/mol. The highest BCUT2D eigenvalue weighted by Gasteiger charge is 2.16. The van der Waals surface area contributed by atoms with Gasteiger partial charge in [0.2, 0.25) is 0 Å². The molecule has 1 atom stereocenters. The van der Waals surface area contributed by atoms with Crippen LogP contribution < -0.4 is 5.32 Å². The summed E-state index contributed by atoms with van der Waals surface area (Å²) in [7, 11) is 0. The average molecular weight is 300 g/mol. The molecule has 1 aromatic carbocycles. The minimum Gasteiger partial charge on any atom is -0.465 e. The molecule has 3 nitrogen and oxygen atoms in total. The third-order valence-electron chi connectivity index (χ3n) is 2.48. The van der Waals surface area contributed by atoms with Crippen molar-refractivity contribution in [1.82, 2.24) is 5.32 Å². The van der Waals surface area contributed by atoms with Crippen molar-refractivity contribution in [3.05, 3.63) is 34.3 Å². The van der Waals surface area contributed by atoms with Crippen LogP contribution in [-0.4, -0.2) is 18.6 Å². The van der Waals surface area contributed by atoms with Crippen molar-refractivity contribution in [2.45, 2.75) is 32.9 Å². The van der Waals surface area contributed by atoms with Gasteiger partial charge in [-0.05, 0) is 25.0 Å². The van der Waals surface area contributed by atoms with Crippen molar-refractivity contribution in [3.8, 4) is 0 Å². The van der Waals surface area contributed by atoms with E-state index in [-0.39, 0.29) is 12.0 Å². The molecule has 0 bridgehead atoms. The molecule has 1 unspecified atom stereocenters. The molecule has 0 saturated heterocycles. The predicted molar refractivity (Wildman–Crippen MR) is 71.7 cm³/mol.